The monoisotopic (exact) mass is 263 g/mol. The van der Waals surface area contributed by atoms with Gasteiger partial charge in [-0.15, -0.1) is 0 Å². The second-order valence-corrected chi connectivity index (χ2v) is 5.74. The summed E-state index contributed by atoms with van der Waals surface area (Å²) in [5.74, 6) is 0. The minimum Gasteiger partial charge on any atom is -0.389 e. The summed E-state index contributed by atoms with van der Waals surface area (Å²) in [7, 11) is 0. The lowest BCUT2D eigenvalue weighted by Crippen LogP contribution is -2.43. The molecule has 2 heteroatoms. The molecule has 0 aliphatic heterocycles. The third kappa shape index (κ3) is 5.75. The first-order chi connectivity index (χ1) is 8.99. The minimum absolute atomic E-state index is 0.435. The van der Waals surface area contributed by atoms with Crippen molar-refractivity contribution in [1.29, 1.82) is 0 Å². The zero-order chi connectivity index (χ0) is 14.3. The Hall–Kier alpha value is -0.860. The van der Waals surface area contributed by atoms with Crippen molar-refractivity contribution in [2.75, 3.05) is 6.54 Å². The molecule has 1 aromatic carbocycles. The van der Waals surface area contributed by atoms with E-state index in [1.165, 1.54) is 11.1 Å². The Bertz CT molecular complexity index is 371. The van der Waals surface area contributed by atoms with Crippen molar-refractivity contribution in [3.63, 3.8) is 0 Å². The SMILES string of the molecule is CCC(O)(CC)CNC(C)CCc1cccc(C)c1. The summed E-state index contributed by atoms with van der Waals surface area (Å²) < 4.78 is 0. The van der Waals surface area contributed by atoms with Gasteiger partial charge in [0.15, 0.2) is 0 Å². The maximum atomic E-state index is 10.2. The molecule has 2 N–H and O–H groups in total. The van der Waals surface area contributed by atoms with Crippen molar-refractivity contribution >= 4 is 0 Å². The average Bonchev–Trinajstić information content (AvgIpc) is 2.42. The topological polar surface area (TPSA) is 32.3 Å². The van der Waals surface area contributed by atoms with Gasteiger partial charge in [-0.25, -0.2) is 0 Å². The normalized spacial score (nSPS) is 13.5. The molecule has 0 spiro atoms. The Morgan fingerprint density at radius 2 is 1.95 bits per heavy atom. The number of nitrogens with one attached hydrogen (secondary N) is 1. The van der Waals surface area contributed by atoms with Gasteiger partial charge in [0.05, 0.1) is 5.60 Å². The van der Waals surface area contributed by atoms with Gasteiger partial charge in [-0.1, -0.05) is 43.7 Å². The van der Waals surface area contributed by atoms with Crippen molar-refractivity contribution in [3.8, 4) is 0 Å². The summed E-state index contributed by atoms with van der Waals surface area (Å²) in [5.41, 5.74) is 2.18. The Balaban J connectivity index is 2.34. The fourth-order valence-electron chi connectivity index (χ4n) is 2.22. The van der Waals surface area contributed by atoms with Crippen LogP contribution in [0.2, 0.25) is 0 Å². The lowest BCUT2D eigenvalue weighted by molar-refractivity contribution is 0.0301. The molecule has 19 heavy (non-hydrogen) atoms. The third-order valence-electron chi connectivity index (χ3n) is 4.04. The van der Waals surface area contributed by atoms with E-state index in [-0.39, 0.29) is 0 Å². The Morgan fingerprint density at radius 1 is 1.26 bits per heavy atom. The van der Waals surface area contributed by atoms with Crippen LogP contribution >= 0.6 is 0 Å². The van der Waals surface area contributed by atoms with Crippen LogP contribution in [0.25, 0.3) is 0 Å². The molecule has 0 amide bonds. The van der Waals surface area contributed by atoms with Crippen LogP contribution in [0, 0.1) is 6.92 Å². The summed E-state index contributed by atoms with van der Waals surface area (Å²) >= 11 is 0. The third-order valence-corrected chi connectivity index (χ3v) is 4.04. The smallest absolute Gasteiger partial charge is 0.0766 e. The number of hydrogen-bond donors (Lipinski definition) is 2. The molecule has 108 valence electrons. The molecule has 0 aromatic heterocycles. The molecule has 0 fully saturated rings. The van der Waals surface area contributed by atoms with Crippen LogP contribution in [0.1, 0.15) is 51.2 Å². The Morgan fingerprint density at radius 3 is 2.53 bits per heavy atom. The largest absolute Gasteiger partial charge is 0.389 e. The average molecular weight is 263 g/mol. The van der Waals surface area contributed by atoms with Crippen LogP contribution in [0.3, 0.4) is 0 Å². The van der Waals surface area contributed by atoms with E-state index in [1.807, 2.05) is 13.8 Å². The van der Waals surface area contributed by atoms with Gasteiger partial charge in [0.2, 0.25) is 0 Å². The molecular weight excluding hydrogens is 234 g/mol. The lowest BCUT2D eigenvalue weighted by atomic mass is 9.96. The van der Waals surface area contributed by atoms with E-state index < -0.39 is 5.60 Å². The summed E-state index contributed by atoms with van der Waals surface area (Å²) in [6, 6.07) is 9.13. The first-order valence-corrected chi connectivity index (χ1v) is 7.50. The van der Waals surface area contributed by atoms with E-state index in [2.05, 4.69) is 43.4 Å². The highest BCUT2D eigenvalue weighted by Crippen LogP contribution is 2.14. The fraction of sp³-hybridized carbons (Fsp3) is 0.647. The van der Waals surface area contributed by atoms with E-state index in [4.69, 9.17) is 0 Å². The summed E-state index contributed by atoms with van der Waals surface area (Å²) in [6.07, 6.45) is 3.81. The first kappa shape index (κ1) is 16.2. The molecule has 1 atom stereocenters. The van der Waals surface area contributed by atoms with Crippen molar-refractivity contribution in [2.45, 2.75) is 65.0 Å². The van der Waals surface area contributed by atoms with Crippen LogP contribution < -0.4 is 5.32 Å². The molecule has 0 aliphatic rings. The van der Waals surface area contributed by atoms with Crippen LogP contribution in [-0.2, 0) is 6.42 Å². The second-order valence-electron chi connectivity index (χ2n) is 5.74. The van der Waals surface area contributed by atoms with E-state index in [0.29, 0.717) is 12.6 Å². The van der Waals surface area contributed by atoms with E-state index >= 15 is 0 Å². The maximum Gasteiger partial charge on any atom is 0.0766 e. The molecule has 1 unspecified atom stereocenters. The predicted octanol–water partition coefficient (Wildman–Crippen LogP) is 3.46. The minimum atomic E-state index is -0.544. The molecule has 1 aromatic rings. The van der Waals surface area contributed by atoms with Gasteiger partial charge in [0.25, 0.3) is 0 Å². The van der Waals surface area contributed by atoms with Crippen molar-refractivity contribution in [3.05, 3.63) is 35.4 Å². The van der Waals surface area contributed by atoms with Crippen molar-refractivity contribution in [2.24, 2.45) is 0 Å². The summed E-state index contributed by atoms with van der Waals surface area (Å²) in [6.45, 7) is 9.11. The van der Waals surface area contributed by atoms with Crippen LogP contribution in [0.4, 0.5) is 0 Å². The second kappa shape index (κ2) is 7.66. The predicted molar refractivity (Wildman–Crippen MR) is 82.5 cm³/mol. The standard InChI is InChI=1S/C17H29NO/c1-5-17(19,6-2)13-18-15(4)10-11-16-9-7-8-14(3)12-16/h7-9,12,15,18-19H,5-6,10-11,13H2,1-4H3. The zero-order valence-electron chi connectivity index (χ0n) is 12.9. The first-order valence-electron chi connectivity index (χ1n) is 7.50. The molecule has 0 saturated carbocycles. The molecule has 0 bridgehead atoms. The molecule has 2 nitrogen and oxygen atoms in total. The number of hydrogen-bond acceptors (Lipinski definition) is 2. The van der Waals surface area contributed by atoms with Gasteiger partial charge in [-0.3, -0.25) is 0 Å². The van der Waals surface area contributed by atoms with Gasteiger partial charge >= 0.3 is 0 Å². The molecule has 0 aliphatic carbocycles. The molecule has 0 saturated heterocycles. The highest BCUT2D eigenvalue weighted by molar-refractivity contribution is 5.22. The number of aryl methyl sites for hydroxylation is 2. The molecule has 1 rings (SSSR count). The highest BCUT2D eigenvalue weighted by atomic mass is 16.3. The maximum absolute atomic E-state index is 10.2. The Labute approximate surface area is 118 Å². The zero-order valence-corrected chi connectivity index (χ0v) is 12.9. The number of rotatable bonds is 8. The molecule has 0 radical (unpaired) electrons. The number of aliphatic hydroxyl groups is 1. The summed E-state index contributed by atoms with van der Waals surface area (Å²) in [4.78, 5) is 0. The molecule has 0 heterocycles. The van der Waals surface area contributed by atoms with Gasteiger partial charge in [0, 0.05) is 12.6 Å². The van der Waals surface area contributed by atoms with E-state index in [0.717, 1.165) is 25.7 Å². The van der Waals surface area contributed by atoms with Crippen LogP contribution in [-0.4, -0.2) is 23.3 Å². The molecular formula is C17H29NO. The van der Waals surface area contributed by atoms with Crippen molar-refractivity contribution in [1.82, 2.24) is 5.32 Å². The fourth-order valence-corrected chi connectivity index (χ4v) is 2.22. The van der Waals surface area contributed by atoms with Crippen LogP contribution in [0.5, 0.6) is 0 Å². The van der Waals surface area contributed by atoms with Crippen molar-refractivity contribution < 1.29 is 5.11 Å². The number of benzene rings is 1. The van der Waals surface area contributed by atoms with Gasteiger partial charge in [-0.05, 0) is 45.1 Å². The lowest BCUT2D eigenvalue weighted by Gasteiger charge is -2.27. The van der Waals surface area contributed by atoms with E-state index in [9.17, 15) is 5.11 Å². The van der Waals surface area contributed by atoms with Crippen LogP contribution in [0.15, 0.2) is 24.3 Å². The Kier molecular flexibility index (Phi) is 6.53. The van der Waals surface area contributed by atoms with Gasteiger partial charge < -0.3 is 10.4 Å². The highest BCUT2D eigenvalue weighted by Gasteiger charge is 2.22. The van der Waals surface area contributed by atoms with Gasteiger partial charge in [0.1, 0.15) is 0 Å². The van der Waals surface area contributed by atoms with Gasteiger partial charge in [-0.2, -0.15) is 0 Å². The summed E-state index contributed by atoms with van der Waals surface area (Å²) in [5, 5.41) is 13.7. The quantitative estimate of drug-likeness (QED) is 0.753. The van der Waals surface area contributed by atoms with E-state index in [1.54, 1.807) is 0 Å².